The van der Waals surface area contributed by atoms with Crippen molar-refractivity contribution in [2.45, 2.75) is 84.0 Å². The van der Waals surface area contributed by atoms with Crippen LogP contribution in [0, 0.1) is 0 Å². The zero-order valence-electron chi connectivity index (χ0n) is 15.8. The third kappa shape index (κ3) is 18.4. The fourth-order valence-corrected chi connectivity index (χ4v) is 2.51. The summed E-state index contributed by atoms with van der Waals surface area (Å²) in [5.74, 6) is -1.97. The summed E-state index contributed by atoms with van der Waals surface area (Å²) in [5, 5.41) is 17.4. The Hall–Kier alpha value is -1.77. The summed E-state index contributed by atoms with van der Waals surface area (Å²) in [5.41, 5.74) is 0. The molecule has 0 saturated heterocycles. The molecule has 3 heteroatoms. The Labute approximate surface area is 153 Å². The fraction of sp³-hybridized carbons (Fsp3) is 0.591. The predicted octanol–water partition coefficient (Wildman–Crippen LogP) is 6.88. The predicted molar refractivity (Wildman–Crippen MR) is 107 cm³/mol. The largest absolute Gasteiger partial charge is 0.502 e. The second kappa shape index (κ2) is 18.6. The molecule has 142 valence electrons. The van der Waals surface area contributed by atoms with E-state index in [4.69, 9.17) is 10.2 Å². The van der Waals surface area contributed by atoms with Gasteiger partial charge in [-0.1, -0.05) is 108 Å². The minimum atomic E-state index is -1.32. The van der Waals surface area contributed by atoms with E-state index in [1.54, 1.807) is 6.08 Å². The highest BCUT2D eigenvalue weighted by Crippen LogP contribution is 2.11. The van der Waals surface area contributed by atoms with Crippen molar-refractivity contribution in [2.75, 3.05) is 0 Å². The van der Waals surface area contributed by atoms with E-state index in [1.807, 2.05) is 18.2 Å². The molecule has 3 nitrogen and oxygen atoms in total. The highest BCUT2D eigenvalue weighted by molar-refractivity contribution is 5.83. The third-order valence-corrected chi connectivity index (χ3v) is 4.03. The average Bonchev–Trinajstić information content (AvgIpc) is 2.60. The number of carboxylic acids is 1. The molecule has 0 heterocycles. The minimum absolute atomic E-state index is 0.656. The topological polar surface area (TPSA) is 57.5 Å². The maximum Gasteiger partial charge on any atom is 0.370 e. The molecule has 0 unspecified atom stereocenters. The zero-order valence-corrected chi connectivity index (χ0v) is 15.8. The first-order valence-corrected chi connectivity index (χ1v) is 9.81. The molecular formula is C22H36O3. The molecule has 25 heavy (non-hydrogen) atoms. The summed E-state index contributed by atoms with van der Waals surface area (Å²) in [6, 6.07) is 0. The van der Waals surface area contributed by atoms with Crippen molar-refractivity contribution in [1.29, 1.82) is 0 Å². The molecule has 0 amide bonds. The molecular weight excluding hydrogens is 312 g/mol. The number of aliphatic hydroxyl groups is 1. The second-order valence-electron chi connectivity index (χ2n) is 6.38. The van der Waals surface area contributed by atoms with Crippen LogP contribution in [0.4, 0.5) is 0 Å². The Bertz CT molecular complexity index is 431. The van der Waals surface area contributed by atoms with Gasteiger partial charge in [0.1, 0.15) is 0 Å². The number of hydrogen-bond acceptors (Lipinski definition) is 2. The Kier molecular flexibility index (Phi) is 17.3. The van der Waals surface area contributed by atoms with Crippen molar-refractivity contribution < 1.29 is 15.0 Å². The number of carboxylic acid groups (broad SMARTS) is 1. The number of allylic oxidation sites excluding steroid dienone is 7. The van der Waals surface area contributed by atoms with Gasteiger partial charge >= 0.3 is 5.97 Å². The lowest BCUT2D eigenvalue weighted by molar-refractivity contribution is -0.135. The van der Waals surface area contributed by atoms with Crippen molar-refractivity contribution >= 4 is 5.97 Å². The number of carbonyl (C=O) groups is 1. The van der Waals surface area contributed by atoms with Gasteiger partial charge < -0.3 is 10.2 Å². The van der Waals surface area contributed by atoms with Crippen molar-refractivity contribution in [3.63, 3.8) is 0 Å². The molecule has 0 aromatic heterocycles. The monoisotopic (exact) mass is 348 g/mol. The quantitative estimate of drug-likeness (QED) is 0.138. The summed E-state index contributed by atoms with van der Waals surface area (Å²) in [7, 11) is 0. The van der Waals surface area contributed by atoms with Crippen molar-refractivity contribution in [3.8, 4) is 0 Å². The van der Waals surface area contributed by atoms with Crippen LogP contribution in [0.25, 0.3) is 0 Å². The molecule has 0 bridgehead atoms. The van der Waals surface area contributed by atoms with Gasteiger partial charge in [-0.15, -0.1) is 0 Å². The van der Waals surface area contributed by atoms with E-state index in [0.29, 0.717) is 0 Å². The van der Waals surface area contributed by atoms with Gasteiger partial charge in [0.2, 0.25) is 5.76 Å². The molecule has 0 aliphatic heterocycles. The summed E-state index contributed by atoms with van der Waals surface area (Å²) < 4.78 is 0. The summed E-state index contributed by atoms with van der Waals surface area (Å²) in [6.07, 6.45) is 28.3. The molecule has 0 atom stereocenters. The molecule has 0 aliphatic carbocycles. The van der Waals surface area contributed by atoms with Gasteiger partial charge in [-0.3, -0.25) is 0 Å². The van der Waals surface area contributed by atoms with Crippen molar-refractivity contribution in [3.05, 3.63) is 48.3 Å². The molecule has 2 N–H and O–H groups in total. The number of hydrogen-bond donors (Lipinski definition) is 2. The van der Waals surface area contributed by atoms with Crippen LogP contribution in [0.5, 0.6) is 0 Å². The van der Waals surface area contributed by atoms with Gasteiger partial charge in [0.05, 0.1) is 0 Å². The standard InChI is InChI=1S/C22H36O3/c1-2-3-4-5-6-7-8-9-10-11-12-13-14-15-16-17-18-19-20-21(23)22(24)25/h14-20,23H,2-13H2,1H3,(H,24,25). The lowest BCUT2D eigenvalue weighted by Gasteiger charge is -2.01. The van der Waals surface area contributed by atoms with E-state index in [1.165, 1.54) is 76.7 Å². The molecule has 0 aromatic rings. The van der Waals surface area contributed by atoms with Crippen molar-refractivity contribution in [1.82, 2.24) is 0 Å². The van der Waals surface area contributed by atoms with Crippen LogP contribution in [-0.2, 0) is 4.79 Å². The smallest absolute Gasteiger partial charge is 0.370 e. The zero-order chi connectivity index (χ0) is 18.6. The van der Waals surface area contributed by atoms with Gasteiger partial charge in [-0.2, -0.15) is 0 Å². The summed E-state index contributed by atoms with van der Waals surface area (Å²) in [4.78, 5) is 10.3. The van der Waals surface area contributed by atoms with E-state index < -0.39 is 11.7 Å². The number of aliphatic hydroxyl groups excluding tert-OH is 1. The van der Waals surface area contributed by atoms with Crippen LogP contribution in [-0.4, -0.2) is 16.2 Å². The lowest BCUT2D eigenvalue weighted by Crippen LogP contribution is -1.97. The average molecular weight is 349 g/mol. The first-order chi connectivity index (χ1) is 12.2. The van der Waals surface area contributed by atoms with E-state index in [9.17, 15) is 4.79 Å². The molecule has 0 aromatic carbocycles. The fourth-order valence-electron chi connectivity index (χ4n) is 2.51. The lowest BCUT2D eigenvalue weighted by atomic mass is 10.1. The molecule has 0 spiro atoms. The van der Waals surface area contributed by atoms with Gasteiger partial charge in [-0.05, 0) is 18.9 Å². The van der Waals surface area contributed by atoms with E-state index in [2.05, 4.69) is 13.0 Å². The van der Waals surface area contributed by atoms with Crippen LogP contribution >= 0.6 is 0 Å². The SMILES string of the molecule is CCCCCCCCCCCCCC=CC=CC=CC=C(O)C(=O)O. The van der Waals surface area contributed by atoms with E-state index >= 15 is 0 Å². The molecule has 0 aliphatic rings. The Morgan fingerprint density at radius 2 is 1.16 bits per heavy atom. The van der Waals surface area contributed by atoms with Crippen LogP contribution < -0.4 is 0 Å². The van der Waals surface area contributed by atoms with Crippen molar-refractivity contribution in [2.24, 2.45) is 0 Å². The van der Waals surface area contributed by atoms with E-state index in [0.717, 1.165) is 12.5 Å². The highest BCUT2D eigenvalue weighted by atomic mass is 16.4. The third-order valence-electron chi connectivity index (χ3n) is 4.03. The Balaban J connectivity index is 3.41. The van der Waals surface area contributed by atoms with Crippen LogP contribution in [0.2, 0.25) is 0 Å². The first kappa shape index (κ1) is 23.2. The van der Waals surface area contributed by atoms with Gasteiger partial charge in [0.15, 0.2) is 0 Å². The van der Waals surface area contributed by atoms with Crippen LogP contribution in [0.15, 0.2) is 48.3 Å². The molecule has 0 radical (unpaired) electrons. The van der Waals surface area contributed by atoms with E-state index in [-0.39, 0.29) is 0 Å². The number of aliphatic carboxylic acids is 1. The second-order valence-corrected chi connectivity index (χ2v) is 6.38. The van der Waals surface area contributed by atoms with Gasteiger partial charge in [-0.25, -0.2) is 4.79 Å². The minimum Gasteiger partial charge on any atom is -0.502 e. The maximum absolute atomic E-state index is 10.3. The van der Waals surface area contributed by atoms with Crippen LogP contribution in [0.3, 0.4) is 0 Å². The van der Waals surface area contributed by atoms with Gasteiger partial charge in [0, 0.05) is 0 Å². The van der Waals surface area contributed by atoms with Crippen LogP contribution in [0.1, 0.15) is 84.0 Å². The molecule has 0 saturated carbocycles. The normalized spacial score (nSPS) is 12.8. The first-order valence-electron chi connectivity index (χ1n) is 9.81. The Morgan fingerprint density at radius 3 is 1.72 bits per heavy atom. The Morgan fingerprint density at radius 1 is 0.680 bits per heavy atom. The number of rotatable bonds is 16. The molecule has 0 rings (SSSR count). The molecule has 0 fully saturated rings. The highest BCUT2D eigenvalue weighted by Gasteiger charge is 1.99. The summed E-state index contributed by atoms with van der Waals surface area (Å²) >= 11 is 0. The summed E-state index contributed by atoms with van der Waals surface area (Å²) in [6.45, 7) is 2.26. The number of unbranched alkanes of at least 4 members (excludes halogenated alkanes) is 11. The van der Waals surface area contributed by atoms with Gasteiger partial charge in [0.25, 0.3) is 0 Å². The maximum atomic E-state index is 10.3.